The van der Waals surface area contributed by atoms with Gasteiger partial charge in [-0.25, -0.2) is 0 Å². The van der Waals surface area contributed by atoms with Gasteiger partial charge in [0.1, 0.15) is 0 Å². The second kappa shape index (κ2) is 9.94. The van der Waals surface area contributed by atoms with Crippen LogP contribution in [0.15, 0.2) is 66.4 Å². The molecule has 1 unspecified atom stereocenters. The Hall–Kier alpha value is -2.88. The number of carbonyl (C=O) groups is 2. The van der Waals surface area contributed by atoms with Gasteiger partial charge in [-0.3, -0.25) is 9.59 Å². The van der Waals surface area contributed by atoms with E-state index < -0.39 is 0 Å². The second-order valence-corrected chi connectivity index (χ2v) is 9.65. The van der Waals surface area contributed by atoms with Crippen molar-refractivity contribution < 1.29 is 9.59 Å². The van der Waals surface area contributed by atoms with Gasteiger partial charge in [0.15, 0.2) is 0 Å². The standard InChI is InChI=1S/C29H34N2O2/c32-27(30-20-9-14-23-11-5-7-16-26(23)30)17-8-18-28(33)31-21-19-22-10-4-6-15-25(22)29(31)24-12-2-1-3-13-24/h1-4,6,10,12-13,15-16,23,29H,5,7-9,11,14,17-21H2/t23?,29-/m1/s1. The highest BCUT2D eigenvalue weighted by Crippen LogP contribution is 2.37. The van der Waals surface area contributed by atoms with Gasteiger partial charge in [-0.15, -0.1) is 0 Å². The van der Waals surface area contributed by atoms with Gasteiger partial charge in [-0.2, -0.15) is 0 Å². The van der Waals surface area contributed by atoms with E-state index in [9.17, 15) is 9.59 Å². The van der Waals surface area contributed by atoms with E-state index in [4.69, 9.17) is 0 Å². The number of nitrogens with zero attached hydrogens (tertiary/aromatic N) is 2. The van der Waals surface area contributed by atoms with Gasteiger partial charge in [0.25, 0.3) is 0 Å². The van der Waals surface area contributed by atoms with E-state index in [-0.39, 0.29) is 17.9 Å². The van der Waals surface area contributed by atoms with E-state index in [0.29, 0.717) is 25.2 Å². The fourth-order valence-corrected chi connectivity index (χ4v) is 5.94. The molecule has 4 nitrogen and oxygen atoms in total. The van der Waals surface area contributed by atoms with Crippen LogP contribution in [0.2, 0.25) is 0 Å². The minimum absolute atomic E-state index is 0.0467. The lowest BCUT2D eigenvalue weighted by Crippen LogP contribution is -2.41. The number of benzene rings is 2. The van der Waals surface area contributed by atoms with E-state index in [1.807, 2.05) is 28.0 Å². The first-order valence-electron chi connectivity index (χ1n) is 12.6. The van der Waals surface area contributed by atoms with Crippen LogP contribution < -0.4 is 0 Å². The van der Waals surface area contributed by atoms with Crippen LogP contribution in [0.1, 0.15) is 74.1 Å². The molecule has 4 heteroatoms. The number of carbonyl (C=O) groups excluding carboxylic acids is 2. The molecule has 2 amide bonds. The van der Waals surface area contributed by atoms with Crippen molar-refractivity contribution in [2.45, 2.75) is 63.8 Å². The Morgan fingerprint density at radius 2 is 1.61 bits per heavy atom. The molecule has 1 fully saturated rings. The molecule has 33 heavy (non-hydrogen) atoms. The zero-order valence-corrected chi connectivity index (χ0v) is 19.4. The fraction of sp³-hybridized carbons (Fsp3) is 0.448. The van der Waals surface area contributed by atoms with Gasteiger partial charge in [0, 0.05) is 31.6 Å². The molecule has 0 aromatic heterocycles. The maximum atomic E-state index is 13.4. The summed E-state index contributed by atoms with van der Waals surface area (Å²) < 4.78 is 0. The summed E-state index contributed by atoms with van der Waals surface area (Å²) in [5.74, 6) is 0.918. The first kappa shape index (κ1) is 21.9. The Morgan fingerprint density at radius 3 is 2.48 bits per heavy atom. The predicted molar refractivity (Wildman–Crippen MR) is 130 cm³/mol. The number of hydrogen-bond acceptors (Lipinski definition) is 2. The van der Waals surface area contributed by atoms with Crippen molar-refractivity contribution in [1.29, 1.82) is 0 Å². The van der Waals surface area contributed by atoms with Gasteiger partial charge in [0.05, 0.1) is 6.04 Å². The molecule has 3 aliphatic rings. The van der Waals surface area contributed by atoms with Crippen LogP contribution in [0.3, 0.4) is 0 Å². The lowest BCUT2D eigenvalue weighted by Gasteiger charge is -2.38. The topological polar surface area (TPSA) is 40.6 Å². The largest absolute Gasteiger partial charge is 0.331 e. The van der Waals surface area contributed by atoms with Crippen LogP contribution in [0, 0.1) is 5.92 Å². The zero-order valence-electron chi connectivity index (χ0n) is 19.4. The number of hydrogen-bond donors (Lipinski definition) is 0. The number of likely N-dealkylation sites (tertiary alicyclic amines) is 1. The number of rotatable bonds is 5. The van der Waals surface area contributed by atoms with Crippen LogP contribution in [-0.2, 0) is 16.0 Å². The summed E-state index contributed by atoms with van der Waals surface area (Å²) >= 11 is 0. The van der Waals surface area contributed by atoms with Gasteiger partial charge >= 0.3 is 0 Å². The first-order valence-corrected chi connectivity index (χ1v) is 12.6. The fourth-order valence-electron chi connectivity index (χ4n) is 5.94. The number of fused-ring (bicyclic) bond motifs is 2. The SMILES string of the molecule is O=C(CCCC(=O)N1CCc2ccccc2[C@H]1c1ccccc1)N1CCCC2CCCC=C21. The lowest BCUT2D eigenvalue weighted by molar-refractivity contribution is -0.134. The molecule has 0 saturated carbocycles. The Bertz CT molecular complexity index is 1030. The first-order chi connectivity index (χ1) is 16.2. The third kappa shape index (κ3) is 4.62. The molecule has 2 aliphatic heterocycles. The molecule has 172 valence electrons. The minimum Gasteiger partial charge on any atom is -0.331 e. The van der Waals surface area contributed by atoms with E-state index in [0.717, 1.165) is 37.9 Å². The van der Waals surface area contributed by atoms with Gasteiger partial charge in [-0.1, -0.05) is 60.7 Å². The van der Waals surface area contributed by atoms with Crippen molar-refractivity contribution in [3.8, 4) is 0 Å². The van der Waals surface area contributed by atoms with Crippen LogP contribution in [0.5, 0.6) is 0 Å². The second-order valence-electron chi connectivity index (χ2n) is 9.65. The van der Waals surface area contributed by atoms with Crippen LogP contribution in [0.25, 0.3) is 0 Å². The summed E-state index contributed by atoms with van der Waals surface area (Å²) in [6.45, 7) is 1.57. The highest BCUT2D eigenvalue weighted by Gasteiger charge is 2.32. The van der Waals surface area contributed by atoms with Gasteiger partial charge in [0.2, 0.25) is 11.8 Å². The molecular formula is C29H34N2O2. The summed E-state index contributed by atoms with van der Waals surface area (Å²) in [7, 11) is 0. The van der Waals surface area contributed by atoms with Gasteiger partial charge < -0.3 is 9.80 Å². The maximum absolute atomic E-state index is 13.4. The lowest BCUT2D eigenvalue weighted by atomic mass is 9.85. The monoisotopic (exact) mass is 442 g/mol. The van der Waals surface area contributed by atoms with E-state index in [1.165, 1.54) is 36.1 Å². The highest BCUT2D eigenvalue weighted by molar-refractivity contribution is 5.81. The molecule has 0 N–H and O–H groups in total. The van der Waals surface area contributed by atoms with Gasteiger partial charge in [-0.05, 0) is 67.6 Å². The summed E-state index contributed by atoms with van der Waals surface area (Å²) in [6.07, 6.45) is 10.5. The Balaban J connectivity index is 1.25. The molecule has 2 aromatic carbocycles. The average Bonchev–Trinajstić information content (AvgIpc) is 2.88. The normalized spacial score (nSPS) is 22.2. The number of piperidine rings is 1. The Labute approximate surface area is 197 Å². The molecule has 1 saturated heterocycles. The smallest absolute Gasteiger partial charge is 0.226 e. The average molecular weight is 443 g/mol. The van der Waals surface area contributed by atoms with Crippen molar-refractivity contribution in [2.24, 2.45) is 5.92 Å². The number of amides is 2. The Morgan fingerprint density at radius 1 is 0.848 bits per heavy atom. The molecule has 5 rings (SSSR count). The van der Waals surface area contributed by atoms with Crippen LogP contribution >= 0.6 is 0 Å². The van der Waals surface area contributed by atoms with E-state index in [2.05, 4.69) is 42.5 Å². The van der Waals surface area contributed by atoms with Crippen molar-refractivity contribution in [1.82, 2.24) is 9.80 Å². The molecular weight excluding hydrogens is 408 g/mol. The minimum atomic E-state index is -0.0467. The zero-order chi connectivity index (χ0) is 22.6. The quantitative estimate of drug-likeness (QED) is 0.601. The molecule has 2 heterocycles. The molecule has 2 atom stereocenters. The summed E-state index contributed by atoms with van der Waals surface area (Å²) in [4.78, 5) is 30.4. The highest BCUT2D eigenvalue weighted by atomic mass is 16.2. The maximum Gasteiger partial charge on any atom is 0.226 e. The summed E-state index contributed by atoms with van der Waals surface area (Å²) in [6, 6.07) is 18.8. The van der Waals surface area contributed by atoms with Crippen LogP contribution in [-0.4, -0.2) is 34.7 Å². The van der Waals surface area contributed by atoms with E-state index >= 15 is 0 Å². The molecule has 2 aromatic rings. The third-order valence-corrected chi connectivity index (χ3v) is 7.58. The number of allylic oxidation sites excluding steroid dienone is 2. The van der Waals surface area contributed by atoms with Crippen molar-refractivity contribution in [3.05, 3.63) is 83.1 Å². The third-order valence-electron chi connectivity index (χ3n) is 7.58. The molecule has 1 aliphatic carbocycles. The Kier molecular flexibility index (Phi) is 6.61. The molecule has 0 radical (unpaired) electrons. The summed E-state index contributed by atoms with van der Waals surface area (Å²) in [5, 5.41) is 0. The predicted octanol–water partition coefficient (Wildman–Crippen LogP) is 5.64. The molecule has 0 bridgehead atoms. The summed E-state index contributed by atoms with van der Waals surface area (Å²) in [5.41, 5.74) is 4.97. The van der Waals surface area contributed by atoms with E-state index in [1.54, 1.807) is 0 Å². The molecule has 0 spiro atoms. The van der Waals surface area contributed by atoms with Crippen LogP contribution in [0.4, 0.5) is 0 Å². The van der Waals surface area contributed by atoms with Crippen molar-refractivity contribution in [2.75, 3.05) is 13.1 Å². The van der Waals surface area contributed by atoms with Crippen molar-refractivity contribution >= 4 is 11.8 Å². The van der Waals surface area contributed by atoms with Crippen molar-refractivity contribution in [3.63, 3.8) is 0 Å².